The van der Waals surface area contributed by atoms with E-state index in [0.29, 0.717) is 34.6 Å². The predicted molar refractivity (Wildman–Crippen MR) is 159 cm³/mol. The largest absolute Gasteiger partial charge is 0.368 e. The van der Waals surface area contributed by atoms with Gasteiger partial charge in [-0.15, -0.1) is 0 Å². The maximum atomic E-state index is 12.7. The highest BCUT2D eigenvalue weighted by atomic mass is 35.5. The summed E-state index contributed by atoms with van der Waals surface area (Å²) < 4.78 is 0. The normalized spacial score (nSPS) is 13.4. The Bertz CT molecular complexity index is 1420. The molecule has 5 rings (SSSR count). The van der Waals surface area contributed by atoms with Gasteiger partial charge in [-0.1, -0.05) is 59.2 Å². The number of amides is 1. The molecule has 1 amide bonds. The third kappa shape index (κ3) is 7.62. The van der Waals surface area contributed by atoms with Crippen molar-refractivity contribution in [3.63, 3.8) is 0 Å². The van der Waals surface area contributed by atoms with Crippen LogP contribution in [0.4, 0.5) is 11.5 Å². The number of aromatic nitrogens is 3. The average Bonchev–Trinajstić information content (AvgIpc) is 2.96. The molecule has 3 heterocycles. The standard InChI is InChI=1S/C29H28Cl2N6OS/c30-23-7-4-9-25(18-23)36-13-15-37(16-14-36)27-19-26(31)34-29(35-27)39-20-21-5-3-6-22(17-21)28(38)33-12-10-24-8-1-2-11-32-24/h1-9,11,17-19H,10,12-16,20H2,(H,33,38). The molecule has 0 aliphatic carbocycles. The Morgan fingerprint density at radius 1 is 0.897 bits per heavy atom. The number of pyridine rings is 1. The van der Waals surface area contributed by atoms with Crippen molar-refractivity contribution in [2.24, 2.45) is 0 Å². The summed E-state index contributed by atoms with van der Waals surface area (Å²) in [5.74, 6) is 1.34. The second kappa shape index (κ2) is 13.2. The summed E-state index contributed by atoms with van der Waals surface area (Å²) in [6.07, 6.45) is 2.44. The lowest BCUT2D eigenvalue weighted by Gasteiger charge is -2.36. The zero-order valence-corrected chi connectivity index (χ0v) is 23.6. The number of benzene rings is 2. The summed E-state index contributed by atoms with van der Waals surface area (Å²) in [5, 5.41) is 4.74. The summed E-state index contributed by atoms with van der Waals surface area (Å²) in [7, 11) is 0. The molecular weight excluding hydrogens is 551 g/mol. The topological polar surface area (TPSA) is 74.2 Å². The quantitative estimate of drug-likeness (QED) is 0.153. The number of carbonyl (C=O) groups is 1. The number of anilines is 2. The molecule has 2 aromatic heterocycles. The number of hydrogen-bond acceptors (Lipinski definition) is 7. The van der Waals surface area contributed by atoms with Crippen molar-refractivity contribution in [1.82, 2.24) is 20.3 Å². The van der Waals surface area contributed by atoms with Crippen LogP contribution in [-0.4, -0.2) is 53.6 Å². The lowest BCUT2D eigenvalue weighted by atomic mass is 10.1. The van der Waals surface area contributed by atoms with Crippen molar-refractivity contribution in [3.8, 4) is 0 Å². The number of piperazine rings is 1. The number of halogens is 2. The molecule has 0 spiro atoms. The monoisotopic (exact) mass is 578 g/mol. The molecular formula is C29H28Cl2N6OS. The van der Waals surface area contributed by atoms with Gasteiger partial charge in [0.2, 0.25) is 0 Å². The highest BCUT2D eigenvalue weighted by Crippen LogP contribution is 2.27. The molecule has 4 aromatic rings. The first-order valence-electron chi connectivity index (χ1n) is 12.7. The van der Waals surface area contributed by atoms with Crippen molar-refractivity contribution in [2.75, 3.05) is 42.5 Å². The molecule has 39 heavy (non-hydrogen) atoms. The molecule has 7 nitrogen and oxygen atoms in total. The molecule has 10 heteroatoms. The number of nitrogens with one attached hydrogen (secondary N) is 1. The Hall–Kier alpha value is -3.33. The van der Waals surface area contributed by atoms with E-state index in [1.54, 1.807) is 6.20 Å². The van der Waals surface area contributed by atoms with Crippen LogP contribution in [0.25, 0.3) is 0 Å². The summed E-state index contributed by atoms with van der Waals surface area (Å²) >= 11 is 14.1. The van der Waals surface area contributed by atoms with Crippen LogP contribution in [0.2, 0.25) is 10.2 Å². The van der Waals surface area contributed by atoms with E-state index in [4.69, 9.17) is 28.2 Å². The van der Waals surface area contributed by atoms with E-state index in [-0.39, 0.29) is 5.91 Å². The van der Waals surface area contributed by atoms with Crippen molar-refractivity contribution >= 4 is 52.4 Å². The first-order chi connectivity index (χ1) is 19.0. The molecule has 1 N–H and O–H groups in total. The van der Waals surface area contributed by atoms with Gasteiger partial charge in [0.05, 0.1) is 0 Å². The fourth-order valence-corrected chi connectivity index (χ4v) is 5.59. The van der Waals surface area contributed by atoms with Crippen molar-refractivity contribution in [3.05, 3.63) is 106 Å². The van der Waals surface area contributed by atoms with Crippen LogP contribution < -0.4 is 15.1 Å². The van der Waals surface area contributed by atoms with Gasteiger partial charge in [0.15, 0.2) is 5.16 Å². The van der Waals surface area contributed by atoms with Gasteiger partial charge in [-0.3, -0.25) is 9.78 Å². The Balaban J connectivity index is 1.16. The summed E-state index contributed by atoms with van der Waals surface area (Å²) in [4.78, 5) is 30.7. The van der Waals surface area contributed by atoms with Crippen molar-refractivity contribution in [1.29, 1.82) is 0 Å². The Morgan fingerprint density at radius 3 is 2.51 bits per heavy atom. The van der Waals surface area contributed by atoms with Gasteiger partial charge in [0.1, 0.15) is 11.0 Å². The van der Waals surface area contributed by atoms with Crippen molar-refractivity contribution in [2.45, 2.75) is 17.3 Å². The molecule has 2 aromatic carbocycles. The molecule has 0 unspecified atom stereocenters. The van der Waals surface area contributed by atoms with Crippen LogP contribution in [0, 0.1) is 0 Å². The van der Waals surface area contributed by atoms with Crippen LogP contribution in [0.5, 0.6) is 0 Å². The van der Waals surface area contributed by atoms with E-state index in [9.17, 15) is 4.79 Å². The molecule has 0 radical (unpaired) electrons. The van der Waals surface area contributed by atoms with E-state index >= 15 is 0 Å². The lowest BCUT2D eigenvalue weighted by molar-refractivity contribution is 0.0954. The number of rotatable bonds is 9. The van der Waals surface area contributed by atoms with E-state index in [1.165, 1.54) is 11.8 Å². The Kier molecular flexibility index (Phi) is 9.19. The molecule has 1 aliphatic heterocycles. The maximum Gasteiger partial charge on any atom is 0.251 e. The van der Waals surface area contributed by atoms with Gasteiger partial charge in [-0.05, 0) is 48.0 Å². The predicted octanol–water partition coefficient (Wildman–Crippen LogP) is 5.77. The van der Waals surface area contributed by atoms with Gasteiger partial charge >= 0.3 is 0 Å². The third-order valence-corrected chi connectivity index (χ3v) is 7.73. The highest BCUT2D eigenvalue weighted by Gasteiger charge is 2.20. The van der Waals surface area contributed by atoms with E-state index in [1.807, 2.05) is 66.7 Å². The first-order valence-corrected chi connectivity index (χ1v) is 14.5. The minimum Gasteiger partial charge on any atom is -0.368 e. The minimum absolute atomic E-state index is 0.101. The Morgan fingerprint density at radius 2 is 1.72 bits per heavy atom. The number of thioether (sulfide) groups is 1. The zero-order chi connectivity index (χ0) is 27.0. The van der Waals surface area contributed by atoms with E-state index < -0.39 is 0 Å². The van der Waals surface area contributed by atoms with Gasteiger partial charge in [0.25, 0.3) is 5.91 Å². The number of nitrogens with zero attached hydrogens (tertiary/aromatic N) is 5. The van der Waals surface area contributed by atoms with Crippen LogP contribution >= 0.6 is 35.0 Å². The van der Waals surface area contributed by atoms with Crippen molar-refractivity contribution < 1.29 is 4.79 Å². The zero-order valence-electron chi connectivity index (χ0n) is 21.3. The minimum atomic E-state index is -0.101. The first kappa shape index (κ1) is 27.2. The summed E-state index contributed by atoms with van der Waals surface area (Å²) in [6.45, 7) is 3.90. The SMILES string of the molecule is O=C(NCCc1ccccn1)c1cccc(CSc2nc(Cl)cc(N3CCN(c4cccc(Cl)c4)CC3)n2)c1. The molecule has 200 valence electrons. The number of hydrogen-bond donors (Lipinski definition) is 1. The molecule has 1 fully saturated rings. The van der Waals surface area contributed by atoms with Crippen LogP contribution in [0.1, 0.15) is 21.6 Å². The van der Waals surface area contributed by atoms with Gasteiger partial charge in [-0.25, -0.2) is 9.97 Å². The van der Waals surface area contributed by atoms with Gasteiger partial charge in [-0.2, -0.15) is 0 Å². The fraction of sp³-hybridized carbons (Fsp3) is 0.241. The highest BCUT2D eigenvalue weighted by molar-refractivity contribution is 7.98. The summed E-state index contributed by atoms with van der Waals surface area (Å²) in [5.41, 5.74) is 3.71. The molecule has 0 bridgehead atoms. The average molecular weight is 580 g/mol. The molecule has 1 saturated heterocycles. The lowest BCUT2D eigenvalue weighted by Crippen LogP contribution is -2.46. The second-order valence-corrected chi connectivity index (χ2v) is 10.9. The molecule has 0 atom stereocenters. The van der Waals surface area contributed by atoms with Gasteiger partial charge < -0.3 is 15.1 Å². The van der Waals surface area contributed by atoms with E-state index in [0.717, 1.165) is 54.0 Å². The van der Waals surface area contributed by atoms with Gasteiger partial charge in [0, 0.05) is 79.1 Å². The number of carbonyl (C=O) groups excluding carboxylic acids is 1. The second-order valence-electron chi connectivity index (χ2n) is 9.10. The van der Waals surface area contributed by atoms with Crippen LogP contribution in [0.3, 0.4) is 0 Å². The van der Waals surface area contributed by atoms with Crippen LogP contribution in [-0.2, 0) is 12.2 Å². The fourth-order valence-electron chi connectivity index (χ4n) is 4.38. The van der Waals surface area contributed by atoms with E-state index in [2.05, 4.69) is 31.2 Å². The maximum absolute atomic E-state index is 12.7. The molecule has 1 aliphatic rings. The third-order valence-electron chi connectivity index (χ3n) is 6.39. The van der Waals surface area contributed by atoms with Crippen LogP contribution in [0.15, 0.2) is 84.1 Å². The molecule has 0 saturated carbocycles. The smallest absolute Gasteiger partial charge is 0.251 e. The summed E-state index contributed by atoms with van der Waals surface area (Å²) in [6, 6.07) is 23.2. The Labute approximate surface area is 242 Å².